The van der Waals surface area contributed by atoms with Crippen LogP contribution in [0.25, 0.3) is 0 Å². The van der Waals surface area contributed by atoms with E-state index in [9.17, 15) is 13.2 Å². The number of hydrogen-bond donors (Lipinski definition) is 0. The minimum atomic E-state index is -3.53. The van der Waals surface area contributed by atoms with Gasteiger partial charge in [0.2, 0.25) is 15.9 Å². The zero-order chi connectivity index (χ0) is 17.2. The van der Waals surface area contributed by atoms with Crippen LogP contribution < -0.4 is 4.74 Å². The van der Waals surface area contributed by atoms with Gasteiger partial charge >= 0.3 is 0 Å². The Bertz CT molecular complexity index is 717. The van der Waals surface area contributed by atoms with Crippen LogP contribution in [-0.4, -0.2) is 56.3 Å². The molecule has 1 amide bonds. The minimum absolute atomic E-state index is 0.0835. The van der Waals surface area contributed by atoms with E-state index in [1.165, 1.54) is 4.31 Å². The maximum absolute atomic E-state index is 13.0. The predicted molar refractivity (Wildman–Crippen MR) is 90.5 cm³/mol. The Morgan fingerprint density at radius 3 is 2.79 bits per heavy atom. The molecule has 2 heterocycles. The number of aryl methyl sites for hydroxylation is 1. The number of hydrogen-bond acceptors (Lipinski definition) is 4. The smallest absolute Gasteiger partial charge is 0.243 e. The predicted octanol–water partition coefficient (Wildman–Crippen LogP) is 1.64. The third kappa shape index (κ3) is 3.42. The topological polar surface area (TPSA) is 66.9 Å². The molecule has 6 nitrogen and oxygen atoms in total. The van der Waals surface area contributed by atoms with Gasteiger partial charge in [0.25, 0.3) is 0 Å². The van der Waals surface area contributed by atoms with E-state index >= 15 is 0 Å². The third-order valence-corrected chi connectivity index (χ3v) is 6.52. The molecular weight excluding hydrogens is 328 g/mol. The second-order valence-corrected chi connectivity index (χ2v) is 8.15. The number of carbonyl (C=O) groups is 1. The van der Waals surface area contributed by atoms with Gasteiger partial charge < -0.3 is 9.64 Å². The molecule has 2 aliphatic heterocycles. The van der Waals surface area contributed by atoms with E-state index in [1.807, 2.05) is 6.92 Å². The van der Waals surface area contributed by atoms with Crippen LogP contribution in [-0.2, 0) is 21.2 Å². The van der Waals surface area contributed by atoms with Crippen molar-refractivity contribution >= 4 is 15.9 Å². The number of fused-ring (bicyclic) bond motifs is 1. The van der Waals surface area contributed by atoms with Crippen LogP contribution in [0, 0.1) is 0 Å². The molecule has 0 radical (unpaired) electrons. The van der Waals surface area contributed by atoms with E-state index < -0.39 is 10.0 Å². The molecule has 0 unspecified atom stereocenters. The lowest BCUT2D eigenvalue weighted by Crippen LogP contribution is -2.37. The average Bonchev–Trinajstić information content (AvgIpc) is 2.87. The first-order chi connectivity index (χ1) is 11.5. The van der Waals surface area contributed by atoms with E-state index in [-0.39, 0.29) is 5.91 Å². The Kier molecular flexibility index (Phi) is 5.10. The van der Waals surface area contributed by atoms with Gasteiger partial charge in [-0.25, -0.2) is 8.42 Å². The zero-order valence-corrected chi connectivity index (χ0v) is 14.8. The fraction of sp³-hybridized carbons (Fsp3) is 0.588. The largest absolute Gasteiger partial charge is 0.493 e. The van der Waals surface area contributed by atoms with Gasteiger partial charge in [-0.1, -0.05) is 6.92 Å². The molecule has 0 bridgehead atoms. The summed E-state index contributed by atoms with van der Waals surface area (Å²) >= 11 is 0. The summed E-state index contributed by atoms with van der Waals surface area (Å²) in [6, 6.07) is 5.12. The van der Waals surface area contributed by atoms with Gasteiger partial charge in [-0.15, -0.1) is 0 Å². The van der Waals surface area contributed by atoms with Gasteiger partial charge in [0, 0.05) is 32.6 Å². The van der Waals surface area contributed by atoms with Crippen molar-refractivity contribution in [3.8, 4) is 5.75 Å². The van der Waals surface area contributed by atoms with Crippen molar-refractivity contribution < 1.29 is 17.9 Å². The number of nitrogens with zero attached hydrogens (tertiary/aromatic N) is 2. The van der Waals surface area contributed by atoms with E-state index in [2.05, 4.69) is 0 Å². The van der Waals surface area contributed by atoms with Crippen molar-refractivity contribution in [2.24, 2.45) is 0 Å². The summed E-state index contributed by atoms with van der Waals surface area (Å²) in [5.74, 6) is 0.871. The van der Waals surface area contributed by atoms with Gasteiger partial charge in [-0.3, -0.25) is 4.79 Å². The first-order valence-corrected chi connectivity index (χ1v) is 10.00. The molecule has 7 heteroatoms. The van der Waals surface area contributed by atoms with Crippen molar-refractivity contribution in [1.82, 2.24) is 9.21 Å². The van der Waals surface area contributed by atoms with Crippen molar-refractivity contribution in [1.29, 1.82) is 0 Å². The first kappa shape index (κ1) is 17.2. The molecule has 24 heavy (non-hydrogen) atoms. The van der Waals surface area contributed by atoms with Crippen LogP contribution in [0.4, 0.5) is 0 Å². The lowest BCUT2D eigenvalue weighted by Gasteiger charge is -2.23. The van der Waals surface area contributed by atoms with E-state index in [0.717, 1.165) is 24.2 Å². The molecular formula is C17H24N2O4S. The average molecular weight is 352 g/mol. The van der Waals surface area contributed by atoms with Crippen molar-refractivity contribution in [2.75, 3.05) is 32.8 Å². The lowest BCUT2D eigenvalue weighted by molar-refractivity contribution is -0.130. The second-order valence-electron chi connectivity index (χ2n) is 6.21. The minimum Gasteiger partial charge on any atom is -0.493 e. The van der Waals surface area contributed by atoms with E-state index in [4.69, 9.17) is 4.74 Å². The molecule has 0 aliphatic carbocycles. The highest BCUT2D eigenvalue weighted by Crippen LogP contribution is 2.28. The monoisotopic (exact) mass is 352 g/mol. The van der Waals surface area contributed by atoms with Crippen molar-refractivity contribution in [2.45, 2.75) is 37.5 Å². The van der Waals surface area contributed by atoms with Gasteiger partial charge in [-0.2, -0.15) is 4.31 Å². The highest BCUT2D eigenvalue weighted by Gasteiger charge is 2.28. The summed E-state index contributed by atoms with van der Waals surface area (Å²) in [6.45, 7) is 4.39. The number of sulfonamides is 1. The van der Waals surface area contributed by atoms with Crippen LogP contribution in [0.15, 0.2) is 23.1 Å². The summed E-state index contributed by atoms with van der Waals surface area (Å²) < 4.78 is 33.0. The highest BCUT2D eigenvalue weighted by molar-refractivity contribution is 7.89. The van der Waals surface area contributed by atoms with Crippen LogP contribution >= 0.6 is 0 Å². The third-order valence-electron chi connectivity index (χ3n) is 4.63. The maximum atomic E-state index is 13.0. The van der Waals surface area contributed by atoms with Crippen molar-refractivity contribution in [3.05, 3.63) is 23.8 Å². The molecule has 2 aliphatic rings. The highest BCUT2D eigenvalue weighted by atomic mass is 32.2. The molecule has 0 atom stereocenters. The molecule has 0 saturated carbocycles. The molecule has 0 N–H and O–H groups in total. The maximum Gasteiger partial charge on any atom is 0.243 e. The van der Waals surface area contributed by atoms with Crippen LogP contribution in [0.2, 0.25) is 0 Å². The summed E-state index contributed by atoms with van der Waals surface area (Å²) in [6.07, 6.45) is 2.88. The molecule has 1 aromatic rings. The number of amides is 1. The number of ether oxygens (including phenoxy) is 1. The molecule has 132 valence electrons. The van der Waals surface area contributed by atoms with Gasteiger partial charge in [0.1, 0.15) is 5.75 Å². The Hall–Kier alpha value is -1.60. The van der Waals surface area contributed by atoms with Crippen LogP contribution in [0.5, 0.6) is 5.75 Å². The number of benzene rings is 1. The first-order valence-electron chi connectivity index (χ1n) is 8.56. The Morgan fingerprint density at radius 2 is 2.00 bits per heavy atom. The standard InChI is InChI=1S/C17H24N2O4S/c1-2-17(20)18-8-4-9-19(11-10-18)24(21,22)15-6-7-16-14(13-15)5-3-12-23-16/h6-7,13H,2-5,8-12H2,1H3. The molecule has 3 rings (SSSR count). The fourth-order valence-electron chi connectivity index (χ4n) is 3.25. The molecule has 0 spiro atoms. The fourth-order valence-corrected chi connectivity index (χ4v) is 4.77. The molecule has 0 aromatic heterocycles. The quantitative estimate of drug-likeness (QED) is 0.829. The number of carbonyl (C=O) groups excluding carboxylic acids is 1. The number of rotatable bonds is 3. The zero-order valence-electron chi connectivity index (χ0n) is 14.0. The van der Waals surface area contributed by atoms with Gasteiger partial charge in [-0.05, 0) is 43.0 Å². The Labute approximate surface area is 143 Å². The van der Waals surface area contributed by atoms with Crippen LogP contribution in [0.1, 0.15) is 31.7 Å². The second kappa shape index (κ2) is 7.11. The summed E-state index contributed by atoms with van der Waals surface area (Å²) in [4.78, 5) is 13.9. The van der Waals surface area contributed by atoms with Gasteiger partial charge in [0.05, 0.1) is 11.5 Å². The summed E-state index contributed by atoms with van der Waals surface area (Å²) in [5, 5.41) is 0. The van der Waals surface area contributed by atoms with Gasteiger partial charge in [0.15, 0.2) is 0 Å². The lowest BCUT2D eigenvalue weighted by atomic mass is 10.1. The van der Waals surface area contributed by atoms with E-state index in [0.29, 0.717) is 50.5 Å². The van der Waals surface area contributed by atoms with Crippen molar-refractivity contribution in [3.63, 3.8) is 0 Å². The molecule has 1 saturated heterocycles. The normalized spacial score (nSPS) is 19.3. The SMILES string of the molecule is CCC(=O)N1CCCN(S(=O)(=O)c2ccc3c(c2)CCCO3)CC1. The Balaban J connectivity index is 1.79. The molecule has 1 fully saturated rings. The van der Waals surface area contributed by atoms with E-state index in [1.54, 1.807) is 23.1 Å². The molecule has 1 aromatic carbocycles. The summed E-state index contributed by atoms with van der Waals surface area (Å²) in [5.41, 5.74) is 0.958. The summed E-state index contributed by atoms with van der Waals surface area (Å²) in [7, 11) is -3.53. The Morgan fingerprint density at radius 1 is 1.17 bits per heavy atom. The van der Waals surface area contributed by atoms with Crippen LogP contribution in [0.3, 0.4) is 0 Å².